The summed E-state index contributed by atoms with van der Waals surface area (Å²) in [4.78, 5) is 4.18. The molecule has 2 rings (SSSR count). The average Bonchev–Trinajstić information content (AvgIpc) is 2.29. The zero-order valence-electron chi connectivity index (χ0n) is 9.73. The van der Waals surface area contributed by atoms with Crippen molar-refractivity contribution in [3.63, 3.8) is 0 Å². The molecule has 3 heteroatoms. The molecule has 0 saturated carbocycles. The van der Waals surface area contributed by atoms with Crippen LogP contribution in [-0.4, -0.2) is 11.0 Å². The van der Waals surface area contributed by atoms with E-state index < -0.39 is 0 Å². The fourth-order valence-corrected chi connectivity index (χ4v) is 2.27. The number of pyridine rings is 1. The van der Waals surface area contributed by atoms with Crippen LogP contribution in [0.2, 0.25) is 0 Å². The van der Waals surface area contributed by atoms with Crippen LogP contribution in [0, 0.1) is 0 Å². The second kappa shape index (κ2) is 5.43. The van der Waals surface area contributed by atoms with E-state index in [-0.39, 0.29) is 6.04 Å². The molecule has 2 aromatic rings. The van der Waals surface area contributed by atoms with Gasteiger partial charge in [-0.3, -0.25) is 4.98 Å². The third kappa shape index (κ3) is 3.14. The molecule has 1 atom stereocenters. The summed E-state index contributed by atoms with van der Waals surface area (Å²) in [6, 6.07) is 10.5. The molecule has 0 fully saturated rings. The molecule has 0 aliphatic carbocycles. The summed E-state index contributed by atoms with van der Waals surface area (Å²) in [6.45, 7) is 2.01. The molecule has 0 radical (unpaired) electrons. The van der Waals surface area contributed by atoms with Gasteiger partial charge in [0.15, 0.2) is 0 Å². The maximum Gasteiger partial charge on any atom is 0.0306 e. The third-order valence-corrected chi connectivity index (χ3v) is 3.07. The molecule has 2 nitrogen and oxygen atoms in total. The second-order valence-electron chi connectivity index (χ2n) is 4.22. The number of hydrogen-bond acceptors (Lipinski definition) is 2. The molecule has 0 amide bonds. The van der Waals surface area contributed by atoms with Gasteiger partial charge in [0.2, 0.25) is 0 Å². The number of rotatable bonds is 3. The summed E-state index contributed by atoms with van der Waals surface area (Å²) in [5.74, 6) is 0. The first-order valence-corrected chi connectivity index (χ1v) is 6.40. The highest BCUT2D eigenvalue weighted by Crippen LogP contribution is 2.26. The molecule has 0 bridgehead atoms. The standard InChI is InChI=1S/C14H15BrN2/c1-10(16)7-12-9-17-6-5-14(12)11-3-2-4-13(15)8-11/h2-6,8-10H,7,16H2,1H3. The first-order valence-electron chi connectivity index (χ1n) is 5.61. The van der Waals surface area contributed by atoms with Gasteiger partial charge in [-0.15, -0.1) is 0 Å². The zero-order valence-corrected chi connectivity index (χ0v) is 11.3. The molecule has 1 heterocycles. The Morgan fingerprint density at radius 1 is 1.35 bits per heavy atom. The highest BCUT2D eigenvalue weighted by atomic mass is 79.9. The molecule has 2 N–H and O–H groups in total. The molecule has 0 aliphatic rings. The fourth-order valence-electron chi connectivity index (χ4n) is 1.87. The van der Waals surface area contributed by atoms with Gasteiger partial charge in [-0.25, -0.2) is 0 Å². The highest BCUT2D eigenvalue weighted by molar-refractivity contribution is 9.10. The van der Waals surface area contributed by atoms with E-state index in [4.69, 9.17) is 5.73 Å². The van der Waals surface area contributed by atoms with E-state index in [9.17, 15) is 0 Å². The van der Waals surface area contributed by atoms with Crippen molar-refractivity contribution >= 4 is 15.9 Å². The van der Waals surface area contributed by atoms with Crippen LogP contribution in [0.3, 0.4) is 0 Å². The van der Waals surface area contributed by atoms with Crippen molar-refractivity contribution in [3.8, 4) is 11.1 Å². The van der Waals surface area contributed by atoms with Gasteiger partial charge in [0.05, 0.1) is 0 Å². The van der Waals surface area contributed by atoms with Crippen LogP contribution in [0.4, 0.5) is 0 Å². The Hall–Kier alpha value is -1.19. The maximum absolute atomic E-state index is 5.86. The Morgan fingerprint density at radius 2 is 2.18 bits per heavy atom. The molecule has 0 saturated heterocycles. The summed E-state index contributed by atoms with van der Waals surface area (Å²) < 4.78 is 1.08. The minimum atomic E-state index is 0.144. The van der Waals surface area contributed by atoms with Crippen LogP contribution in [0.1, 0.15) is 12.5 Å². The van der Waals surface area contributed by atoms with Crippen LogP contribution < -0.4 is 5.73 Å². The minimum absolute atomic E-state index is 0.144. The van der Waals surface area contributed by atoms with E-state index in [2.05, 4.69) is 33.0 Å². The number of halogens is 1. The summed E-state index contributed by atoms with van der Waals surface area (Å²) >= 11 is 3.49. The SMILES string of the molecule is CC(N)Cc1cnccc1-c1cccc(Br)c1. The Balaban J connectivity index is 2.44. The van der Waals surface area contributed by atoms with E-state index in [1.807, 2.05) is 37.5 Å². The van der Waals surface area contributed by atoms with E-state index >= 15 is 0 Å². The first kappa shape index (κ1) is 12.3. The predicted octanol–water partition coefficient (Wildman–Crippen LogP) is 3.40. The Bertz CT molecular complexity index is 509. The lowest BCUT2D eigenvalue weighted by Crippen LogP contribution is -2.18. The minimum Gasteiger partial charge on any atom is -0.328 e. The van der Waals surface area contributed by atoms with Gasteiger partial charge in [0, 0.05) is 22.9 Å². The number of hydrogen-bond donors (Lipinski definition) is 1. The van der Waals surface area contributed by atoms with Gasteiger partial charge in [-0.1, -0.05) is 28.1 Å². The van der Waals surface area contributed by atoms with Crippen molar-refractivity contribution in [1.82, 2.24) is 4.98 Å². The molecule has 1 unspecified atom stereocenters. The lowest BCUT2D eigenvalue weighted by molar-refractivity contribution is 0.737. The molecule has 17 heavy (non-hydrogen) atoms. The van der Waals surface area contributed by atoms with Gasteiger partial charge in [-0.2, -0.15) is 0 Å². The van der Waals surface area contributed by atoms with Gasteiger partial charge in [-0.05, 0) is 48.2 Å². The molecule has 0 spiro atoms. The van der Waals surface area contributed by atoms with Crippen LogP contribution in [0.5, 0.6) is 0 Å². The quantitative estimate of drug-likeness (QED) is 0.941. The highest BCUT2D eigenvalue weighted by Gasteiger charge is 2.07. The van der Waals surface area contributed by atoms with Crippen LogP contribution in [0.15, 0.2) is 47.2 Å². The van der Waals surface area contributed by atoms with Crippen molar-refractivity contribution in [2.24, 2.45) is 5.73 Å². The molecular formula is C14H15BrN2. The van der Waals surface area contributed by atoms with E-state index in [0.717, 1.165) is 10.9 Å². The topological polar surface area (TPSA) is 38.9 Å². The lowest BCUT2D eigenvalue weighted by Gasteiger charge is -2.11. The van der Waals surface area contributed by atoms with Gasteiger partial charge in [0.25, 0.3) is 0 Å². The summed E-state index contributed by atoms with van der Waals surface area (Å²) in [5.41, 5.74) is 9.46. The molecule has 1 aromatic heterocycles. The van der Waals surface area contributed by atoms with Gasteiger partial charge < -0.3 is 5.73 Å². The third-order valence-electron chi connectivity index (χ3n) is 2.58. The van der Waals surface area contributed by atoms with Gasteiger partial charge in [0.1, 0.15) is 0 Å². The lowest BCUT2D eigenvalue weighted by atomic mass is 9.98. The van der Waals surface area contributed by atoms with E-state index in [0.29, 0.717) is 0 Å². The van der Waals surface area contributed by atoms with Crippen molar-refractivity contribution in [2.45, 2.75) is 19.4 Å². The number of nitrogens with zero attached hydrogens (tertiary/aromatic N) is 1. The van der Waals surface area contributed by atoms with Crippen LogP contribution >= 0.6 is 15.9 Å². The average molecular weight is 291 g/mol. The van der Waals surface area contributed by atoms with Gasteiger partial charge >= 0.3 is 0 Å². The Kier molecular flexibility index (Phi) is 3.92. The number of nitrogens with two attached hydrogens (primary N) is 1. The fraction of sp³-hybridized carbons (Fsp3) is 0.214. The monoisotopic (exact) mass is 290 g/mol. The maximum atomic E-state index is 5.86. The van der Waals surface area contributed by atoms with Crippen molar-refractivity contribution in [3.05, 3.63) is 52.8 Å². The summed E-state index contributed by atoms with van der Waals surface area (Å²) in [5, 5.41) is 0. The molecule has 1 aromatic carbocycles. The Morgan fingerprint density at radius 3 is 2.88 bits per heavy atom. The predicted molar refractivity (Wildman–Crippen MR) is 74.7 cm³/mol. The molecular weight excluding hydrogens is 276 g/mol. The van der Waals surface area contributed by atoms with Crippen LogP contribution in [-0.2, 0) is 6.42 Å². The molecule has 88 valence electrons. The normalized spacial score (nSPS) is 12.4. The van der Waals surface area contributed by atoms with E-state index in [1.165, 1.54) is 16.7 Å². The number of benzene rings is 1. The molecule has 0 aliphatic heterocycles. The van der Waals surface area contributed by atoms with Crippen molar-refractivity contribution in [2.75, 3.05) is 0 Å². The smallest absolute Gasteiger partial charge is 0.0306 e. The summed E-state index contributed by atoms with van der Waals surface area (Å²) in [6.07, 6.45) is 4.57. The van der Waals surface area contributed by atoms with Crippen molar-refractivity contribution in [1.29, 1.82) is 0 Å². The first-order chi connectivity index (χ1) is 8.16. The van der Waals surface area contributed by atoms with Crippen molar-refractivity contribution < 1.29 is 0 Å². The zero-order chi connectivity index (χ0) is 12.3. The number of aromatic nitrogens is 1. The van der Waals surface area contributed by atoms with E-state index in [1.54, 1.807) is 0 Å². The largest absolute Gasteiger partial charge is 0.328 e. The Labute approximate surface area is 110 Å². The second-order valence-corrected chi connectivity index (χ2v) is 5.14. The summed E-state index contributed by atoms with van der Waals surface area (Å²) in [7, 11) is 0. The van der Waals surface area contributed by atoms with Crippen LogP contribution in [0.25, 0.3) is 11.1 Å².